The van der Waals surface area contributed by atoms with E-state index in [1.165, 1.54) is 5.56 Å². The molecule has 0 amide bonds. The highest BCUT2D eigenvalue weighted by Gasteiger charge is 1.99. The Morgan fingerprint density at radius 2 is 1.85 bits per heavy atom. The summed E-state index contributed by atoms with van der Waals surface area (Å²) in [5.74, 6) is 0.480. The summed E-state index contributed by atoms with van der Waals surface area (Å²) in [6.07, 6.45) is 0. The lowest BCUT2D eigenvalue weighted by atomic mass is 10.0. The van der Waals surface area contributed by atoms with Gasteiger partial charge in [-0.1, -0.05) is 26.0 Å². The molecule has 0 spiro atoms. The molecule has 0 heterocycles. The molecule has 1 aromatic rings. The molecule has 1 unspecified atom stereocenters. The Morgan fingerprint density at radius 1 is 1.31 bits per heavy atom. The van der Waals surface area contributed by atoms with Crippen LogP contribution in [0.1, 0.15) is 25.3 Å². The Morgan fingerprint density at radius 3 is 2.23 bits per heavy atom. The van der Waals surface area contributed by atoms with E-state index in [1.54, 1.807) is 12.1 Å². The van der Waals surface area contributed by atoms with Crippen LogP contribution >= 0.6 is 0 Å². The molecule has 4 heteroatoms. The zero-order chi connectivity index (χ0) is 9.84. The van der Waals surface area contributed by atoms with Gasteiger partial charge >= 0.3 is 0 Å². The second-order valence-corrected chi connectivity index (χ2v) is 3.83. The minimum Gasteiger partial charge on any atom is -0.289 e. The van der Waals surface area contributed by atoms with Crippen LogP contribution in [0.5, 0.6) is 0 Å². The van der Waals surface area contributed by atoms with Gasteiger partial charge in [-0.2, -0.15) is 0 Å². The topological polar surface area (TPSA) is 49.3 Å². The highest BCUT2D eigenvalue weighted by atomic mass is 32.2. The van der Waals surface area contributed by atoms with Crippen LogP contribution < -0.4 is 4.72 Å². The number of rotatable bonds is 3. The minimum atomic E-state index is -1.98. The molecular formula is C9H13NO2S. The van der Waals surface area contributed by atoms with Crippen LogP contribution in [0.25, 0.3) is 0 Å². The maximum absolute atomic E-state index is 10.4. The van der Waals surface area contributed by atoms with E-state index in [2.05, 4.69) is 18.6 Å². The van der Waals surface area contributed by atoms with E-state index in [0.717, 1.165) is 0 Å². The molecule has 2 N–H and O–H groups in total. The first kappa shape index (κ1) is 10.2. The van der Waals surface area contributed by atoms with E-state index in [-0.39, 0.29) is 0 Å². The second-order valence-electron chi connectivity index (χ2n) is 3.13. The molecule has 0 radical (unpaired) electrons. The van der Waals surface area contributed by atoms with Gasteiger partial charge in [-0.05, 0) is 23.6 Å². The summed E-state index contributed by atoms with van der Waals surface area (Å²) in [5, 5.41) is 0. The average Bonchev–Trinajstić information content (AvgIpc) is 2.04. The van der Waals surface area contributed by atoms with E-state index in [4.69, 9.17) is 4.55 Å². The monoisotopic (exact) mass is 199 g/mol. The summed E-state index contributed by atoms with van der Waals surface area (Å²) < 4.78 is 21.3. The Labute approximate surface area is 80.6 Å². The standard InChI is InChI=1S/C9H13NO2S/c1-7(2)8-3-5-9(6-4-8)10-13(11)12/h3-7,10H,1-2H3,(H,11,12). The minimum absolute atomic E-state index is 0.480. The number of hydrogen-bond acceptors (Lipinski definition) is 1. The van der Waals surface area contributed by atoms with E-state index >= 15 is 0 Å². The van der Waals surface area contributed by atoms with Gasteiger partial charge < -0.3 is 0 Å². The van der Waals surface area contributed by atoms with Gasteiger partial charge in [-0.3, -0.25) is 9.27 Å². The molecule has 13 heavy (non-hydrogen) atoms. The number of nitrogens with one attached hydrogen (secondary N) is 1. The van der Waals surface area contributed by atoms with Gasteiger partial charge in [0.05, 0.1) is 0 Å². The average molecular weight is 199 g/mol. The van der Waals surface area contributed by atoms with E-state index in [9.17, 15) is 4.21 Å². The van der Waals surface area contributed by atoms with Crippen LogP contribution in [-0.2, 0) is 11.3 Å². The molecule has 72 valence electrons. The second kappa shape index (κ2) is 4.39. The van der Waals surface area contributed by atoms with Crippen LogP contribution in [0.2, 0.25) is 0 Å². The van der Waals surface area contributed by atoms with Crippen molar-refractivity contribution in [1.29, 1.82) is 0 Å². The van der Waals surface area contributed by atoms with Gasteiger partial charge in [0.15, 0.2) is 0 Å². The Balaban J connectivity index is 2.75. The molecule has 0 aliphatic carbocycles. The fourth-order valence-corrected chi connectivity index (χ4v) is 1.37. The zero-order valence-corrected chi connectivity index (χ0v) is 8.47. The maximum Gasteiger partial charge on any atom is 0.259 e. The molecule has 0 saturated heterocycles. The number of benzene rings is 1. The fourth-order valence-electron chi connectivity index (χ4n) is 1.04. The highest BCUT2D eigenvalue weighted by Crippen LogP contribution is 2.16. The first-order valence-corrected chi connectivity index (χ1v) is 5.17. The van der Waals surface area contributed by atoms with Gasteiger partial charge in [0, 0.05) is 5.69 Å². The Kier molecular flexibility index (Phi) is 3.45. The molecule has 1 atom stereocenters. The molecule has 0 aliphatic rings. The van der Waals surface area contributed by atoms with Crippen molar-refractivity contribution in [2.45, 2.75) is 19.8 Å². The molecule has 0 aliphatic heterocycles. The van der Waals surface area contributed by atoms with Gasteiger partial charge in [0.2, 0.25) is 0 Å². The van der Waals surface area contributed by atoms with Crippen LogP contribution in [0.15, 0.2) is 24.3 Å². The van der Waals surface area contributed by atoms with Crippen LogP contribution in [0.3, 0.4) is 0 Å². The first-order chi connectivity index (χ1) is 6.09. The predicted molar refractivity (Wildman–Crippen MR) is 54.9 cm³/mol. The zero-order valence-electron chi connectivity index (χ0n) is 7.65. The highest BCUT2D eigenvalue weighted by molar-refractivity contribution is 7.80. The molecule has 0 aromatic heterocycles. The van der Waals surface area contributed by atoms with Gasteiger partial charge in [-0.15, -0.1) is 0 Å². The van der Waals surface area contributed by atoms with Crippen molar-refractivity contribution in [1.82, 2.24) is 0 Å². The summed E-state index contributed by atoms with van der Waals surface area (Å²) in [6.45, 7) is 4.21. The van der Waals surface area contributed by atoms with Crippen molar-refractivity contribution >= 4 is 17.0 Å². The maximum atomic E-state index is 10.4. The van der Waals surface area contributed by atoms with Gasteiger partial charge in [0.1, 0.15) is 0 Å². The Hall–Kier alpha value is -0.870. The third kappa shape index (κ3) is 3.16. The lowest BCUT2D eigenvalue weighted by Crippen LogP contribution is -2.01. The van der Waals surface area contributed by atoms with E-state index in [0.29, 0.717) is 11.6 Å². The lowest BCUT2D eigenvalue weighted by Gasteiger charge is -2.06. The summed E-state index contributed by atoms with van der Waals surface area (Å²) >= 11 is -1.98. The molecule has 0 saturated carbocycles. The smallest absolute Gasteiger partial charge is 0.259 e. The SMILES string of the molecule is CC(C)c1ccc(NS(=O)O)cc1. The fraction of sp³-hybridized carbons (Fsp3) is 0.333. The lowest BCUT2D eigenvalue weighted by molar-refractivity contribution is 0.570. The van der Waals surface area contributed by atoms with Gasteiger partial charge in [0.25, 0.3) is 11.3 Å². The van der Waals surface area contributed by atoms with Crippen molar-refractivity contribution < 1.29 is 8.76 Å². The van der Waals surface area contributed by atoms with E-state index in [1.807, 2.05) is 12.1 Å². The van der Waals surface area contributed by atoms with E-state index < -0.39 is 11.3 Å². The first-order valence-electron chi connectivity index (χ1n) is 4.07. The Bertz CT molecular complexity index is 295. The number of hydrogen-bond donors (Lipinski definition) is 2. The van der Waals surface area contributed by atoms with Crippen molar-refractivity contribution in [3.05, 3.63) is 29.8 Å². The summed E-state index contributed by atoms with van der Waals surface area (Å²) in [4.78, 5) is 0. The third-order valence-electron chi connectivity index (χ3n) is 1.78. The van der Waals surface area contributed by atoms with Crippen molar-refractivity contribution in [3.8, 4) is 0 Å². The van der Waals surface area contributed by atoms with Crippen LogP contribution in [0.4, 0.5) is 5.69 Å². The molecule has 1 aromatic carbocycles. The summed E-state index contributed by atoms with van der Waals surface area (Å²) in [7, 11) is 0. The molecule has 0 bridgehead atoms. The molecule has 0 fully saturated rings. The quantitative estimate of drug-likeness (QED) is 0.734. The van der Waals surface area contributed by atoms with Crippen LogP contribution in [0, 0.1) is 0 Å². The normalized spacial score (nSPS) is 12.9. The van der Waals surface area contributed by atoms with Gasteiger partial charge in [-0.25, -0.2) is 4.21 Å². The van der Waals surface area contributed by atoms with Crippen molar-refractivity contribution in [2.24, 2.45) is 0 Å². The summed E-state index contributed by atoms with van der Waals surface area (Å²) in [6, 6.07) is 7.48. The summed E-state index contributed by atoms with van der Waals surface area (Å²) in [5.41, 5.74) is 1.87. The van der Waals surface area contributed by atoms with Crippen molar-refractivity contribution in [3.63, 3.8) is 0 Å². The molecule has 1 rings (SSSR count). The predicted octanol–water partition coefficient (Wildman–Crippen LogP) is 2.36. The third-order valence-corrected chi connectivity index (χ3v) is 2.19. The van der Waals surface area contributed by atoms with Crippen molar-refractivity contribution in [2.75, 3.05) is 4.72 Å². The number of anilines is 1. The van der Waals surface area contributed by atoms with Crippen LogP contribution in [-0.4, -0.2) is 8.76 Å². The largest absolute Gasteiger partial charge is 0.289 e. The molecule has 3 nitrogen and oxygen atoms in total. The molecular weight excluding hydrogens is 186 g/mol.